The lowest BCUT2D eigenvalue weighted by Gasteiger charge is -2.57. The van der Waals surface area contributed by atoms with Crippen molar-refractivity contribution in [3.8, 4) is 5.75 Å². The van der Waals surface area contributed by atoms with E-state index in [9.17, 15) is 78.1 Å². The van der Waals surface area contributed by atoms with Crippen molar-refractivity contribution in [3.63, 3.8) is 0 Å². The summed E-state index contributed by atoms with van der Waals surface area (Å²) in [7, 11) is -23.9. The molecular formula is C47H68F8O13S4. The third kappa shape index (κ3) is 13.3. The molecule has 25 heteroatoms. The van der Waals surface area contributed by atoms with Crippen LogP contribution >= 0.6 is 0 Å². The topological polar surface area (TPSA) is 224 Å². The fourth-order valence-electron chi connectivity index (χ4n) is 9.95. The molecule has 4 bridgehead atoms. The standard InChI is InChI=1S/C18H30O3S.C15H18F6O6S2.C14H20F2O4S/c1-16(2,3)12-10-13(17(4,5)6)15(22(19,20)21)14(11-12)18(7,8)9;1-8(2)10-6-5-7-11(9(3)4)12(10)27-29(25,26)15(20,21)13(16,17)14(18,19)28(22,23)24;15-14(16,21(18,19)20)12(17)1-2-13-6-9-3-10(7-13)5-11(4-9)8-13/h10-11H,1-9H3,(H,19,20,21);5-9H,1-4H3,(H,22,23,24);9-11H,1-8H2,(H,18,19,20). The maximum atomic E-state index is 14.0. The number of hydrogen-bond donors (Lipinski definition) is 3. The highest BCUT2D eigenvalue weighted by Crippen LogP contribution is 2.62. The van der Waals surface area contributed by atoms with Crippen molar-refractivity contribution in [1.82, 2.24) is 0 Å². The summed E-state index contributed by atoms with van der Waals surface area (Å²) in [5.41, 5.74) is 1.51. The molecule has 0 radical (unpaired) electrons. The van der Waals surface area contributed by atoms with Crippen molar-refractivity contribution in [2.24, 2.45) is 23.2 Å². The van der Waals surface area contributed by atoms with Gasteiger partial charge < -0.3 is 4.18 Å². The van der Waals surface area contributed by atoms with Gasteiger partial charge in [0.05, 0.1) is 0 Å². The van der Waals surface area contributed by atoms with E-state index in [2.05, 4.69) is 25.0 Å². The van der Waals surface area contributed by atoms with Crippen LogP contribution in [0, 0.1) is 23.2 Å². The van der Waals surface area contributed by atoms with Gasteiger partial charge in [-0.05, 0) is 124 Å². The molecule has 4 fully saturated rings. The highest BCUT2D eigenvalue weighted by Gasteiger charge is 2.83. The largest absolute Gasteiger partial charge is 0.450 e. The fourth-order valence-corrected chi connectivity index (χ4v) is 13.1. The summed E-state index contributed by atoms with van der Waals surface area (Å²) in [6.45, 7) is 24.1. The smallest absolute Gasteiger partial charge is 0.377 e. The van der Waals surface area contributed by atoms with E-state index < -0.39 is 91.9 Å². The monoisotopic (exact) mass is 1120 g/mol. The number of halogens is 8. The molecule has 2 aromatic rings. The molecule has 2 aromatic carbocycles. The zero-order valence-electron chi connectivity index (χ0n) is 42.5. The van der Waals surface area contributed by atoms with E-state index in [1.165, 1.54) is 65.2 Å². The summed E-state index contributed by atoms with van der Waals surface area (Å²) < 4.78 is 230. The van der Waals surface area contributed by atoms with E-state index in [1.54, 1.807) is 0 Å². The third-order valence-corrected chi connectivity index (χ3v) is 17.4. The number of Topliss-reactive ketones (excluding diaryl/α,β-unsaturated/α-hetero) is 1. The minimum absolute atomic E-state index is 0.000399. The van der Waals surface area contributed by atoms with Crippen LogP contribution in [-0.2, 0) is 61.5 Å². The first-order valence-corrected chi connectivity index (χ1v) is 28.7. The van der Waals surface area contributed by atoms with Crippen LogP contribution in [0.25, 0.3) is 0 Å². The van der Waals surface area contributed by atoms with Crippen molar-refractivity contribution in [2.45, 2.75) is 196 Å². The lowest BCUT2D eigenvalue weighted by molar-refractivity contribution is -0.247. The second-order valence-corrected chi connectivity index (χ2v) is 29.0. The molecule has 6 rings (SSSR count). The van der Waals surface area contributed by atoms with E-state index in [1.807, 2.05) is 53.7 Å². The van der Waals surface area contributed by atoms with Crippen LogP contribution in [0.4, 0.5) is 35.1 Å². The summed E-state index contributed by atoms with van der Waals surface area (Å²) in [5.74, 6) is -8.66. The van der Waals surface area contributed by atoms with Gasteiger partial charge in [-0.2, -0.15) is 68.8 Å². The average molecular weight is 1120 g/mol. The third-order valence-electron chi connectivity index (χ3n) is 13.4. The Morgan fingerprint density at radius 1 is 0.625 bits per heavy atom. The van der Waals surface area contributed by atoms with Gasteiger partial charge in [0.15, 0.2) is 0 Å². The predicted molar refractivity (Wildman–Crippen MR) is 254 cm³/mol. The van der Waals surface area contributed by atoms with Gasteiger partial charge in [0.1, 0.15) is 10.6 Å². The van der Waals surface area contributed by atoms with Crippen molar-refractivity contribution < 1.29 is 91.4 Å². The highest BCUT2D eigenvalue weighted by atomic mass is 32.2. The van der Waals surface area contributed by atoms with Gasteiger partial charge in [0, 0.05) is 6.42 Å². The fraction of sp³-hybridized carbons (Fsp3) is 0.723. The van der Waals surface area contributed by atoms with Gasteiger partial charge in [-0.15, -0.1) is 0 Å². The summed E-state index contributed by atoms with van der Waals surface area (Å²) in [6, 6.07) is 7.79. The quantitative estimate of drug-likeness (QED) is 0.0911. The van der Waals surface area contributed by atoms with Crippen molar-refractivity contribution in [3.05, 3.63) is 58.1 Å². The molecular weight excluding hydrogens is 1050 g/mol. The molecule has 4 saturated carbocycles. The van der Waals surface area contributed by atoms with Gasteiger partial charge in [0.2, 0.25) is 5.78 Å². The zero-order chi connectivity index (χ0) is 56.4. The SMILES string of the molecule is CC(C)(C)c1cc(C(C)(C)C)c(S(=O)(=O)O)c(C(C)(C)C)c1.CC(C)c1cccc(C(C)C)c1OS(=O)(=O)C(F)(F)C(F)(F)C(F)(F)S(=O)(=O)O.O=C(CCC12CC3CC(CC(C3)C1)C2)C(F)(F)S(=O)(=O)O. The number of hydrogen-bond acceptors (Lipinski definition) is 10. The molecule has 0 heterocycles. The summed E-state index contributed by atoms with van der Waals surface area (Å²) >= 11 is 0. The Bertz CT molecular complexity index is 2690. The number of alkyl halides is 8. The Morgan fingerprint density at radius 2 is 1.00 bits per heavy atom. The van der Waals surface area contributed by atoms with Gasteiger partial charge in [-0.25, -0.2) is 0 Å². The molecule has 0 saturated heterocycles. The second-order valence-electron chi connectivity index (χ2n) is 23.2. The highest BCUT2D eigenvalue weighted by molar-refractivity contribution is 7.89. The van der Waals surface area contributed by atoms with Crippen LogP contribution in [0.3, 0.4) is 0 Å². The number of para-hydroxylation sites is 1. The van der Waals surface area contributed by atoms with Crippen molar-refractivity contribution in [1.29, 1.82) is 0 Å². The molecule has 4 aliphatic rings. The van der Waals surface area contributed by atoms with Crippen molar-refractivity contribution >= 4 is 46.3 Å². The number of benzene rings is 2. The van der Waals surface area contributed by atoms with Crippen molar-refractivity contribution in [2.75, 3.05) is 0 Å². The molecule has 414 valence electrons. The molecule has 0 unspecified atom stereocenters. The molecule has 72 heavy (non-hydrogen) atoms. The van der Waals surface area contributed by atoms with Crippen LogP contribution in [0.1, 0.15) is 181 Å². The van der Waals surface area contributed by atoms with Gasteiger partial charge in [0.25, 0.3) is 10.1 Å². The summed E-state index contributed by atoms with van der Waals surface area (Å²) in [6.07, 6.45) is 6.42. The van der Waals surface area contributed by atoms with Crippen LogP contribution < -0.4 is 4.18 Å². The summed E-state index contributed by atoms with van der Waals surface area (Å²) in [5, 5.41) is -18.2. The maximum absolute atomic E-state index is 14.0. The first-order chi connectivity index (χ1) is 31.8. The van der Waals surface area contributed by atoms with Crippen LogP contribution in [0.2, 0.25) is 0 Å². The lowest BCUT2D eigenvalue weighted by Crippen LogP contribution is -2.61. The number of carbonyl (C=O) groups is 1. The minimum Gasteiger partial charge on any atom is -0.377 e. The summed E-state index contributed by atoms with van der Waals surface area (Å²) in [4.78, 5) is 11.6. The molecule has 0 amide bonds. The van der Waals surface area contributed by atoms with Gasteiger partial charge in [-0.3, -0.25) is 18.5 Å². The average Bonchev–Trinajstić information content (AvgIpc) is 3.16. The number of ketones is 1. The first kappa shape index (κ1) is 63.3. The molecule has 4 aliphatic carbocycles. The number of rotatable bonds is 14. The normalized spacial score (nSPS) is 21.5. The Labute approximate surface area is 419 Å². The van der Waals surface area contributed by atoms with E-state index in [-0.39, 0.29) is 37.7 Å². The van der Waals surface area contributed by atoms with E-state index in [0.717, 1.165) is 24.8 Å². The molecule has 0 atom stereocenters. The minimum atomic E-state index is -7.10. The van der Waals surface area contributed by atoms with Crippen LogP contribution in [-0.4, -0.2) is 74.8 Å². The Balaban J connectivity index is 0.000000290. The van der Waals surface area contributed by atoms with Gasteiger partial charge in [-0.1, -0.05) is 120 Å². The van der Waals surface area contributed by atoms with E-state index >= 15 is 0 Å². The van der Waals surface area contributed by atoms with E-state index in [4.69, 9.17) is 9.11 Å². The number of carbonyl (C=O) groups excluding carboxylic acids is 1. The van der Waals surface area contributed by atoms with Crippen LogP contribution in [0.5, 0.6) is 5.75 Å². The molecule has 3 N–H and O–H groups in total. The predicted octanol–water partition coefficient (Wildman–Crippen LogP) is 12.2. The molecule has 13 nitrogen and oxygen atoms in total. The molecule has 0 aliphatic heterocycles. The van der Waals surface area contributed by atoms with Crippen LogP contribution in [0.15, 0.2) is 35.2 Å². The van der Waals surface area contributed by atoms with Gasteiger partial charge >= 0.3 is 52.0 Å². The second kappa shape index (κ2) is 20.5. The van der Waals surface area contributed by atoms with E-state index in [0.29, 0.717) is 35.3 Å². The maximum Gasteiger partial charge on any atom is 0.450 e. The Kier molecular flexibility index (Phi) is 18.1. The Morgan fingerprint density at radius 3 is 1.29 bits per heavy atom. The lowest BCUT2D eigenvalue weighted by atomic mass is 9.48. The molecule has 0 spiro atoms. The zero-order valence-corrected chi connectivity index (χ0v) is 45.8. The molecule has 0 aromatic heterocycles. The Hall–Kier alpha value is -2.97. The first-order valence-electron chi connectivity index (χ1n) is 23.0.